The van der Waals surface area contributed by atoms with Gasteiger partial charge in [-0.15, -0.1) is 0 Å². The van der Waals surface area contributed by atoms with Crippen LogP contribution in [-0.2, 0) is 20.2 Å². The quantitative estimate of drug-likeness (QED) is 0.681. The lowest BCUT2D eigenvalue weighted by molar-refractivity contribution is -0.130. The fraction of sp³-hybridized carbons (Fsp3) is 0.435. The highest BCUT2D eigenvalue weighted by atomic mass is 32.2. The molecule has 0 saturated heterocycles. The molecule has 1 aliphatic rings. The van der Waals surface area contributed by atoms with Gasteiger partial charge in [-0.2, -0.15) is 4.31 Å². The Bertz CT molecular complexity index is 997. The minimum Gasteiger partial charge on any atom is -0.349 e. The number of rotatable bonds is 8. The topological polar surface area (TPSA) is 66.5 Å². The highest BCUT2D eigenvalue weighted by molar-refractivity contribution is 7.89. The van der Waals surface area contributed by atoms with E-state index < -0.39 is 15.4 Å². The monoisotopic (exact) mass is 432 g/mol. The van der Waals surface area contributed by atoms with Crippen LogP contribution in [0.2, 0.25) is 0 Å². The number of amides is 1. The Hall–Kier alpha value is -2.25. The van der Waals surface area contributed by atoms with Crippen LogP contribution in [0.15, 0.2) is 53.4 Å². The van der Waals surface area contributed by atoms with Gasteiger partial charge in [0.1, 0.15) is 5.82 Å². The number of nitrogens with one attached hydrogen (secondary N) is 1. The van der Waals surface area contributed by atoms with Gasteiger partial charge in [-0.1, -0.05) is 44.5 Å². The van der Waals surface area contributed by atoms with Crippen LogP contribution in [0.25, 0.3) is 0 Å². The number of nitrogens with zero attached hydrogens (tertiary/aromatic N) is 1. The third-order valence-corrected chi connectivity index (χ3v) is 8.15. The van der Waals surface area contributed by atoms with E-state index in [4.69, 9.17) is 0 Å². The first kappa shape index (κ1) is 22.4. The highest BCUT2D eigenvalue weighted by Crippen LogP contribution is 2.44. The maximum absolute atomic E-state index is 13.7. The van der Waals surface area contributed by atoms with Crippen molar-refractivity contribution in [3.05, 3.63) is 65.5 Å². The third kappa shape index (κ3) is 4.14. The SMILES string of the molecule is CCN(CC)S(=O)(=O)c1ccc([C@@H](C)NC(=O)C2(c3cccc(F)c3)CCC2)cc1. The molecule has 0 bridgehead atoms. The van der Waals surface area contributed by atoms with Crippen LogP contribution in [0.1, 0.15) is 57.2 Å². The Kier molecular flexibility index (Phi) is 6.62. The van der Waals surface area contributed by atoms with Gasteiger partial charge in [0.15, 0.2) is 0 Å². The zero-order valence-electron chi connectivity index (χ0n) is 17.7. The zero-order valence-corrected chi connectivity index (χ0v) is 18.5. The average Bonchev–Trinajstić information content (AvgIpc) is 2.68. The van der Waals surface area contributed by atoms with E-state index >= 15 is 0 Å². The number of hydrogen-bond donors (Lipinski definition) is 1. The molecule has 1 atom stereocenters. The van der Waals surface area contributed by atoms with Crippen LogP contribution < -0.4 is 5.32 Å². The van der Waals surface area contributed by atoms with Gasteiger partial charge in [0.2, 0.25) is 15.9 Å². The molecule has 0 aromatic heterocycles. The molecule has 0 aliphatic heterocycles. The maximum atomic E-state index is 13.7. The molecule has 1 amide bonds. The summed E-state index contributed by atoms with van der Waals surface area (Å²) in [5, 5.41) is 3.04. The standard InChI is InChI=1S/C23H29FN2O3S/c1-4-26(5-2)30(28,29)21-12-10-18(11-13-21)17(3)25-22(27)23(14-7-15-23)19-8-6-9-20(24)16-19/h6,8-13,16-17H,4-5,7,14-15H2,1-3H3,(H,25,27)/t17-/m1/s1. The number of carbonyl (C=O) groups excluding carboxylic acids is 1. The van der Waals surface area contributed by atoms with E-state index in [0.29, 0.717) is 31.5 Å². The van der Waals surface area contributed by atoms with Crippen LogP contribution in [0, 0.1) is 5.82 Å². The number of carbonyl (C=O) groups is 1. The van der Waals surface area contributed by atoms with Gasteiger partial charge >= 0.3 is 0 Å². The summed E-state index contributed by atoms with van der Waals surface area (Å²) in [6, 6.07) is 12.6. The molecule has 2 aromatic rings. The van der Waals surface area contributed by atoms with E-state index in [2.05, 4.69) is 5.32 Å². The van der Waals surface area contributed by atoms with Crippen molar-refractivity contribution in [2.24, 2.45) is 0 Å². The molecular formula is C23H29FN2O3S. The van der Waals surface area contributed by atoms with Gasteiger partial charge in [0, 0.05) is 13.1 Å². The molecule has 1 fully saturated rings. The van der Waals surface area contributed by atoms with E-state index in [9.17, 15) is 17.6 Å². The highest BCUT2D eigenvalue weighted by Gasteiger charge is 2.46. The second kappa shape index (κ2) is 8.86. The van der Waals surface area contributed by atoms with Crippen molar-refractivity contribution in [1.82, 2.24) is 9.62 Å². The van der Waals surface area contributed by atoms with Crippen LogP contribution in [0.4, 0.5) is 4.39 Å². The molecule has 0 unspecified atom stereocenters. The summed E-state index contributed by atoms with van der Waals surface area (Å²) in [5.74, 6) is -0.462. The molecule has 2 aromatic carbocycles. The molecule has 0 spiro atoms. The molecule has 162 valence electrons. The van der Waals surface area contributed by atoms with Crippen molar-refractivity contribution in [3.63, 3.8) is 0 Å². The van der Waals surface area contributed by atoms with E-state index in [-0.39, 0.29) is 22.7 Å². The first-order valence-corrected chi connectivity index (χ1v) is 11.9. The van der Waals surface area contributed by atoms with Crippen LogP contribution in [-0.4, -0.2) is 31.7 Å². The normalized spacial score (nSPS) is 16.7. The Morgan fingerprint density at radius 3 is 2.27 bits per heavy atom. The van der Waals surface area contributed by atoms with E-state index in [0.717, 1.165) is 12.0 Å². The second-order valence-corrected chi connectivity index (χ2v) is 9.74. The maximum Gasteiger partial charge on any atom is 0.243 e. The van der Waals surface area contributed by atoms with E-state index in [1.807, 2.05) is 20.8 Å². The minimum atomic E-state index is -3.51. The van der Waals surface area contributed by atoms with Gasteiger partial charge in [-0.25, -0.2) is 12.8 Å². The third-order valence-electron chi connectivity index (χ3n) is 6.09. The minimum absolute atomic E-state index is 0.119. The molecule has 7 heteroatoms. The van der Waals surface area contributed by atoms with Crippen molar-refractivity contribution >= 4 is 15.9 Å². The lowest BCUT2D eigenvalue weighted by atomic mass is 9.63. The van der Waals surface area contributed by atoms with Crippen molar-refractivity contribution in [1.29, 1.82) is 0 Å². The summed E-state index contributed by atoms with van der Waals surface area (Å²) in [6.07, 6.45) is 2.31. The zero-order chi connectivity index (χ0) is 21.9. The van der Waals surface area contributed by atoms with Crippen molar-refractivity contribution in [2.75, 3.05) is 13.1 Å². The molecule has 0 radical (unpaired) electrons. The Morgan fingerprint density at radius 2 is 1.77 bits per heavy atom. The van der Waals surface area contributed by atoms with E-state index in [1.165, 1.54) is 16.4 Å². The summed E-state index contributed by atoms with van der Waals surface area (Å²) in [4.78, 5) is 13.3. The summed E-state index contributed by atoms with van der Waals surface area (Å²) in [7, 11) is -3.51. The fourth-order valence-corrected chi connectivity index (χ4v) is 5.48. The molecule has 3 rings (SSSR count). The van der Waals surface area contributed by atoms with Crippen LogP contribution >= 0.6 is 0 Å². The second-order valence-electron chi connectivity index (χ2n) is 7.80. The predicted octanol–water partition coefficient (Wildman–Crippen LogP) is 4.16. The molecule has 5 nitrogen and oxygen atoms in total. The van der Waals surface area contributed by atoms with Crippen molar-refractivity contribution < 1.29 is 17.6 Å². The van der Waals surface area contributed by atoms with Gasteiger partial charge in [-0.05, 0) is 55.2 Å². The number of halogens is 1. The summed E-state index contributed by atoms with van der Waals surface area (Å²) in [5.41, 5.74) is 0.831. The predicted molar refractivity (Wildman–Crippen MR) is 115 cm³/mol. The van der Waals surface area contributed by atoms with Gasteiger partial charge in [0.25, 0.3) is 0 Å². The largest absolute Gasteiger partial charge is 0.349 e. The summed E-state index contributed by atoms with van der Waals surface area (Å²) in [6.45, 7) is 6.30. The van der Waals surface area contributed by atoms with Gasteiger partial charge < -0.3 is 5.32 Å². The molecule has 1 N–H and O–H groups in total. The smallest absolute Gasteiger partial charge is 0.243 e. The fourth-order valence-electron chi connectivity index (χ4n) is 4.02. The average molecular weight is 433 g/mol. The first-order chi connectivity index (χ1) is 14.2. The van der Waals surface area contributed by atoms with Crippen LogP contribution in [0.5, 0.6) is 0 Å². The molecule has 0 heterocycles. The molecule has 30 heavy (non-hydrogen) atoms. The van der Waals surface area contributed by atoms with Gasteiger partial charge in [0.05, 0.1) is 16.4 Å². The molecule has 1 aliphatic carbocycles. The number of sulfonamides is 1. The Balaban J connectivity index is 1.76. The number of hydrogen-bond acceptors (Lipinski definition) is 3. The van der Waals surface area contributed by atoms with Crippen molar-refractivity contribution in [2.45, 2.75) is 56.4 Å². The first-order valence-electron chi connectivity index (χ1n) is 10.4. The Labute approximate surface area is 178 Å². The van der Waals surface area contributed by atoms with Gasteiger partial charge in [-0.3, -0.25) is 4.79 Å². The summed E-state index contributed by atoms with van der Waals surface area (Å²) < 4.78 is 40.4. The number of benzene rings is 2. The molecular weight excluding hydrogens is 403 g/mol. The lowest BCUT2D eigenvalue weighted by Crippen LogP contribution is -2.49. The molecule has 1 saturated carbocycles. The Morgan fingerprint density at radius 1 is 1.13 bits per heavy atom. The lowest BCUT2D eigenvalue weighted by Gasteiger charge is -2.41. The summed E-state index contributed by atoms with van der Waals surface area (Å²) >= 11 is 0. The van der Waals surface area contributed by atoms with Crippen LogP contribution in [0.3, 0.4) is 0 Å². The van der Waals surface area contributed by atoms with E-state index in [1.54, 1.807) is 36.4 Å². The van der Waals surface area contributed by atoms with Crippen molar-refractivity contribution in [3.8, 4) is 0 Å².